The fourth-order valence-corrected chi connectivity index (χ4v) is 6.61. The van der Waals surface area contributed by atoms with Crippen LogP contribution in [0.1, 0.15) is 54.3 Å². The minimum atomic E-state index is -3.67. The lowest BCUT2D eigenvalue weighted by Gasteiger charge is -2.23. The molecule has 33 heavy (non-hydrogen) atoms. The van der Waals surface area contributed by atoms with Crippen LogP contribution in [0.15, 0.2) is 65.1 Å². The Morgan fingerprint density at radius 1 is 1.09 bits per heavy atom. The second-order valence-corrected chi connectivity index (χ2v) is 11.4. The average Bonchev–Trinajstić information content (AvgIpc) is 3.24. The molecule has 1 aliphatic rings. The van der Waals surface area contributed by atoms with Gasteiger partial charge in [0.1, 0.15) is 0 Å². The van der Waals surface area contributed by atoms with Gasteiger partial charge in [0.15, 0.2) is 0 Å². The molecule has 1 amide bonds. The van der Waals surface area contributed by atoms with Gasteiger partial charge in [0.2, 0.25) is 0 Å². The lowest BCUT2D eigenvalue weighted by Crippen LogP contribution is -2.30. The van der Waals surface area contributed by atoms with Gasteiger partial charge in [0, 0.05) is 17.8 Å². The van der Waals surface area contributed by atoms with Crippen molar-refractivity contribution in [2.24, 2.45) is 0 Å². The molecule has 0 fully saturated rings. The first kappa shape index (κ1) is 23.5. The van der Waals surface area contributed by atoms with Crippen LogP contribution >= 0.6 is 11.3 Å². The molecule has 0 radical (unpaired) electrons. The highest BCUT2D eigenvalue weighted by Crippen LogP contribution is 2.32. The van der Waals surface area contributed by atoms with Gasteiger partial charge in [-0.2, -0.15) is 0 Å². The first-order valence-corrected chi connectivity index (χ1v) is 13.7. The fraction of sp³-hybridized carbons (Fsp3) is 0.346. The smallest absolute Gasteiger partial charge is 0.264 e. The van der Waals surface area contributed by atoms with Crippen LogP contribution in [0.25, 0.3) is 10.1 Å². The van der Waals surface area contributed by atoms with Gasteiger partial charge >= 0.3 is 0 Å². The van der Waals surface area contributed by atoms with Crippen molar-refractivity contribution in [2.75, 3.05) is 17.4 Å². The second-order valence-electron chi connectivity index (χ2n) is 8.43. The van der Waals surface area contributed by atoms with Crippen molar-refractivity contribution >= 4 is 43.0 Å². The minimum Gasteiger partial charge on any atom is -0.351 e. The summed E-state index contributed by atoms with van der Waals surface area (Å²) in [5, 5.41) is 3.90. The number of thiophene rings is 1. The van der Waals surface area contributed by atoms with Crippen LogP contribution in [-0.4, -0.2) is 27.4 Å². The Balaban J connectivity index is 1.51. The molecule has 7 heteroatoms. The Morgan fingerprint density at radius 2 is 1.88 bits per heavy atom. The highest BCUT2D eigenvalue weighted by atomic mass is 32.2. The number of anilines is 1. The molecule has 0 saturated heterocycles. The fourth-order valence-electron chi connectivity index (χ4n) is 4.18. The third kappa shape index (κ3) is 5.31. The molecule has 1 aromatic heterocycles. The Kier molecular flexibility index (Phi) is 7.20. The second kappa shape index (κ2) is 10.1. The molecule has 2 aromatic carbocycles. The van der Waals surface area contributed by atoms with Gasteiger partial charge in [0.25, 0.3) is 15.9 Å². The average molecular weight is 483 g/mol. The van der Waals surface area contributed by atoms with Crippen molar-refractivity contribution < 1.29 is 13.2 Å². The van der Waals surface area contributed by atoms with E-state index in [2.05, 4.69) is 11.4 Å². The maximum atomic E-state index is 13.2. The summed E-state index contributed by atoms with van der Waals surface area (Å²) < 4.78 is 28.8. The molecule has 0 atom stereocenters. The Morgan fingerprint density at radius 3 is 2.58 bits per heavy atom. The first-order chi connectivity index (χ1) is 15.9. The zero-order valence-corrected chi connectivity index (χ0v) is 20.8. The lowest BCUT2D eigenvalue weighted by molar-refractivity contribution is 0.0958. The van der Waals surface area contributed by atoms with Crippen LogP contribution in [0.3, 0.4) is 0 Å². The zero-order valence-electron chi connectivity index (χ0n) is 19.1. The maximum absolute atomic E-state index is 13.2. The van der Waals surface area contributed by atoms with Gasteiger partial charge in [-0.3, -0.25) is 9.10 Å². The molecule has 5 nitrogen and oxygen atoms in total. The number of carbonyl (C=O) groups is 1. The molecular formula is C26H30N2O3S2. The number of sulfonamides is 1. The van der Waals surface area contributed by atoms with Gasteiger partial charge in [0.05, 0.1) is 15.5 Å². The van der Waals surface area contributed by atoms with Crippen LogP contribution in [-0.2, 0) is 10.0 Å². The van der Waals surface area contributed by atoms with Crippen LogP contribution < -0.4 is 9.62 Å². The number of benzene rings is 2. The summed E-state index contributed by atoms with van der Waals surface area (Å²) in [7, 11) is -3.67. The summed E-state index contributed by atoms with van der Waals surface area (Å²) in [5.74, 6) is -0.0752. The number of fused-ring (bicyclic) bond motifs is 1. The van der Waals surface area contributed by atoms with Gasteiger partial charge in [-0.25, -0.2) is 8.42 Å². The van der Waals surface area contributed by atoms with Gasteiger partial charge in [-0.1, -0.05) is 29.3 Å². The number of amides is 1. The van der Waals surface area contributed by atoms with Crippen molar-refractivity contribution in [3.05, 3.63) is 70.6 Å². The van der Waals surface area contributed by atoms with E-state index in [0.29, 0.717) is 23.7 Å². The van der Waals surface area contributed by atoms with Crippen LogP contribution in [0.4, 0.5) is 5.69 Å². The van der Waals surface area contributed by atoms with Gasteiger partial charge in [-0.15, -0.1) is 11.3 Å². The first-order valence-electron chi connectivity index (χ1n) is 11.5. The number of nitrogens with zero attached hydrogens (tertiary/aromatic N) is 1. The van der Waals surface area contributed by atoms with Crippen molar-refractivity contribution in [1.82, 2.24) is 5.32 Å². The molecule has 1 heterocycles. The van der Waals surface area contributed by atoms with E-state index in [1.54, 1.807) is 24.3 Å². The number of hydrogen-bond donors (Lipinski definition) is 1. The Bertz CT molecular complexity index is 1270. The normalized spacial score (nSPS) is 14.2. The summed E-state index contributed by atoms with van der Waals surface area (Å²) in [5.41, 5.74) is 3.05. The predicted octanol–water partition coefficient (Wildman–Crippen LogP) is 6.05. The molecule has 3 aromatic rings. The Labute approximate surface area is 200 Å². The number of aryl methyl sites for hydroxylation is 1. The minimum absolute atomic E-state index is 0.0752. The van der Waals surface area contributed by atoms with E-state index in [1.165, 1.54) is 34.1 Å². The summed E-state index contributed by atoms with van der Waals surface area (Å²) in [6.45, 7) is 4.71. The lowest BCUT2D eigenvalue weighted by atomic mass is 9.97. The largest absolute Gasteiger partial charge is 0.351 e. The molecule has 1 N–H and O–H groups in total. The van der Waals surface area contributed by atoms with E-state index in [-0.39, 0.29) is 10.8 Å². The molecule has 0 saturated carbocycles. The monoisotopic (exact) mass is 482 g/mol. The van der Waals surface area contributed by atoms with Crippen LogP contribution in [0, 0.1) is 6.92 Å². The van der Waals surface area contributed by atoms with E-state index >= 15 is 0 Å². The molecule has 0 bridgehead atoms. The maximum Gasteiger partial charge on any atom is 0.264 e. The topological polar surface area (TPSA) is 66.5 Å². The van der Waals surface area contributed by atoms with E-state index in [4.69, 9.17) is 0 Å². The molecule has 0 aliphatic heterocycles. The van der Waals surface area contributed by atoms with Gasteiger partial charge in [-0.05, 0) is 87.7 Å². The number of hydrogen-bond acceptors (Lipinski definition) is 4. The molecular weight excluding hydrogens is 452 g/mol. The van der Waals surface area contributed by atoms with Crippen molar-refractivity contribution in [2.45, 2.75) is 50.8 Å². The van der Waals surface area contributed by atoms with Crippen molar-refractivity contribution in [1.29, 1.82) is 0 Å². The molecule has 4 rings (SSSR count). The van der Waals surface area contributed by atoms with E-state index in [0.717, 1.165) is 34.9 Å². The van der Waals surface area contributed by atoms with E-state index in [9.17, 15) is 13.2 Å². The number of allylic oxidation sites excluding steroid dienone is 1. The van der Waals surface area contributed by atoms with Crippen LogP contribution in [0.2, 0.25) is 0 Å². The number of carbonyl (C=O) groups excluding carboxylic acids is 1. The summed E-state index contributed by atoms with van der Waals surface area (Å²) in [6, 6.07) is 14.3. The SMILES string of the molecule is CCN(c1ccc2sc(C(=O)NCCC3=CCCCC3)cc2c1)S(=O)(=O)c1ccc(C)cc1. The quantitative estimate of drug-likeness (QED) is 0.398. The van der Waals surface area contributed by atoms with Crippen molar-refractivity contribution in [3.63, 3.8) is 0 Å². The van der Waals surface area contributed by atoms with Crippen molar-refractivity contribution in [3.8, 4) is 0 Å². The molecule has 1 aliphatic carbocycles. The third-order valence-electron chi connectivity index (χ3n) is 6.02. The Hall–Kier alpha value is -2.64. The van der Waals surface area contributed by atoms with Crippen LogP contribution in [0.5, 0.6) is 0 Å². The molecule has 0 spiro atoms. The van der Waals surface area contributed by atoms with Gasteiger partial charge < -0.3 is 5.32 Å². The molecule has 0 unspecified atom stereocenters. The highest BCUT2D eigenvalue weighted by molar-refractivity contribution is 7.92. The predicted molar refractivity (Wildman–Crippen MR) is 137 cm³/mol. The third-order valence-corrected chi connectivity index (χ3v) is 9.06. The highest BCUT2D eigenvalue weighted by Gasteiger charge is 2.24. The number of nitrogens with one attached hydrogen (secondary N) is 1. The molecule has 174 valence electrons. The number of rotatable bonds is 8. The summed E-state index contributed by atoms with van der Waals surface area (Å²) in [4.78, 5) is 13.6. The zero-order chi connectivity index (χ0) is 23.4. The summed E-state index contributed by atoms with van der Waals surface area (Å²) in [6.07, 6.45) is 8.01. The standard InChI is InChI=1S/C26H30N2O3S2/c1-3-28(33(30,31)23-12-9-19(2)10-13-23)22-11-14-24-21(17-22)18-25(32-24)26(29)27-16-15-20-7-5-4-6-8-20/h7,9-14,17-18H,3-6,8,15-16H2,1-2H3,(H,27,29). The van der Waals surface area contributed by atoms with E-state index in [1.807, 2.05) is 38.1 Å². The summed E-state index contributed by atoms with van der Waals surface area (Å²) >= 11 is 1.43. The van der Waals surface area contributed by atoms with E-state index < -0.39 is 10.0 Å².